The maximum Gasteiger partial charge on any atom is 0.209 e. The number of hydrogen-bond donors (Lipinski definition) is 0. The Bertz CT molecular complexity index is 533. The molecule has 0 saturated carbocycles. The van der Waals surface area contributed by atoms with Crippen LogP contribution in [0.5, 0.6) is 0 Å². The fourth-order valence-electron chi connectivity index (χ4n) is 1.72. The molecule has 0 aliphatic rings. The van der Waals surface area contributed by atoms with Crippen LogP contribution in [0.4, 0.5) is 11.6 Å². The number of aromatic nitrogens is 2. The van der Waals surface area contributed by atoms with Gasteiger partial charge in [-0.05, 0) is 31.2 Å². The first kappa shape index (κ1) is 11.2. The Hall–Kier alpha value is -2.28. The van der Waals surface area contributed by atoms with E-state index in [1.165, 1.54) is 0 Å². The molecule has 0 bridgehead atoms. The topological polar surface area (TPSA) is 44.9 Å². The Morgan fingerprint density at radius 2 is 2.06 bits per heavy atom. The summed E-state index contributed by atoms with van der Waals surface area (Å²) < 4.78 is 2.07. The van der Waals surface area contributed by atoms with E-state index in [1.807, 2.05) is 42.4 Å². The first-order valence-electron chi connectivity index (χ1n) is 5.51. The van der Waals surface area contributed by atoms with Gasteiger partial charge in [-0.1, -0.05) is 0 Å². The summed E-state index contributed by atoms with van der Waals surface area (Å²) >= 11 is 0. The predicted molar refractivity (Wildman–Crippen MR) is 67.1 cm³/mol. The standard InChI is InChI=1S/C13H14N4/c1-3-17-9-8-15-13(17)16(2)12-6-4-11(10-14)5-7-12/h4-9H,3H2,1-2H3. The molecular weight excluding hydrogens is 212 g/mol. The Morgan fingerprint density at radius 3 is 2.65 bits per heavy atom. The summed E-state index contributed by atoms with van der Waals surface area (Å²) in [5.74, 6) is 0.900. The molecule has 4 heteroatoms. The number of rotatable bonds is 3. The van der Waals surface area contributed by atoms with E-state index in [2.05, 4.69) is 22.5 Å². The largest absolute Gasteiger partial charge is 0.317 e. The van der Waals surface area contributed by atoms with Crippen LogP contribution in [0.3, 0.4) is 0 Å². The first-order valence-corrected chi connectivity index (χ1v) is 5.51. The number of nitrogens with zero attached hydrogens (tertiary/aromatic N) is 4. The lowest BCUT2D eigenvalue weighted by Gasteiger charge is -2.19. The Kier molecular flexibility index (Phi) is 3.10. The van der Waals surface area contributed by atoms with Crippen molar-refractivity contribution >= 4 is 11.6 Å². The van der Waals surface area contributed by atoms with Crippen molar-refractivity contribution in [2.75, 3.05) is 11.9 Å². The number of hydrogen-bond acceptors (Lipinski definition) is 3. The second kappa shape index (κ2) is 4.71. The third-order valence-corrected chi connectivity index (χ3v) is 2.72. The van der Waals surface area contributed by atoms with Gasteiger partial charge in [-0.25, -0.2) is 4.98 Å². The Labute approximate surface area is 101 Å². The van der Waals surface area contributed by atoms with Crippen LogP contribution >= 0.6 is 0 Å². The number of imidazole rings is 1. The summed E-state index contributed by atoms with van der Waals surface area (Å²) in [7, 11) is 1.97. The van der Waals surface area contributed by atoms with Gasteiger partial charge < -0.3 is 9.47 Å². The van der Waals surface area contributed by atoms with E-state index in [0.29, 0.717) is 5.56 Å². The molecule has 17 heavy (non-hydrogen) atoms. The molecule has 0 unspecified atom stereocenters. The van der Waals surface area contributed by atoms with Crippen molar-refractivity contribution in [3.8, 4) is 6.07 Å². The van der Waals surface area contributed by atoms with E-state index in [9.17, 15) is 0 Å². The molecule has 2 aromatic rings. The molecule has 1 aromatic heterocycles. The minimum absolute atomic E-state index is 0.668. The predicted octanol–water partition coefficient (Wildman–Crippen LogP) is 2.54. The van der Waals surface area contributed by atoms with Gasteiger partial charge in [-0.2, -0.15) is 5.26 Å². The zero-order valence-electron chi connectivity index (χ0n) is 9.96. The lowest BCUT2D eigenvalue weighted by molar-refractivity contribution is 0.754. The van der Waals surface area contributed by atoms with Crippen LogP contribution in [0.1, 0.15) is 12.5 Å². The molecule has 1 aromatic carbocycles. The molecule has 0 fully saturated rings. The van der Waals surface area contributed by atoms with Gasteiger partial charge in [-0.15, -0.1) is 0 Å². The minimum Gasteiger partial charge on any atom is -0.317 e. The minimum atomic E-state index is 0.668. The molecule has 0 N–H and O–H groups in total. The fourth-order valence-corrected chi connectivity index (χ4v) is 1.72. The zero-order valence-corrected chi connectivity index (χ0v) is 9.96. The molecular formula is C13H14N4. The summed E-state index contributed by atoms with van der Waals surface area (Å²) in [6.45, 7) is 2.97. The average molecular weight is 226 g/mol. The summed E-state index contributed by atoms with van der Waals surface area (Å²) in [6.07, 6.45) is 3.74. The molecule has 86 valence electrons. The summed E-state index contributed by atoms with van der Waals surface area (Å²) in [6, 6.07) is 9.58. The second-order valence-corrected chi connectivity index (χ2v) is 3.73. The van der Waals surface area contributed by atoms with Crippen LogP contribution in [-0.2, 0) is 6.54 Å². The molecule has 0 spiro atoms. The Balaban J connectivity index is 2.31. The van der Waals surface area contributed by atoms with Crippen molar-refractivity contribution < 1.29 is 0 Å². The highest BCUT2D eigenvalue weighted by atomic mass is 15.3. The third kappa shape index (κ3) is 2.13. The van der Waals surface area contributed by atoms with Gasteiger partial charge in [0.2, 0.25) is 5.95 Å². The highest BCUT2D eigenvalue weighted by molar-refractivity contribution is 5.57. The summed E-state index contributed by atoms with van der Waals surface area (Å²) in [5.41, 5.74) is 1.69. The lowest BCUT2D eigenvalue weighted by Crippen LogP contribution is -2.15. The van der Waals surface area contributed by atoms with E-state index in [0.717, 1.165) is 18.2 Å². The summed E-state index contributed by atoms with van der Waals surface area (Å²) in [5, 5.41) is 8.75. The average Bonchev–Trinajstić information content (AvgIpc) is 2.86. The van der Waals surface area contributed by atoms with Crippen LogP contribution in [-0.4, -0.2) is 16.6 Å². The molecule has 0 saturated heterocycles. The van der Waals surface area contributed by atoms with Crippen LogP contribution < -0.4 is 4.90 Å². The van der Waals surface area contributed by atoms with Crippen molar-refractivity contribution in [2.24, 2.45) is 0 Å². The molecule has 2 rings (SSSR count). The molecule has 0 radical (unpaired) electrons. The van der Waals surface area contributed by atoms with Gasteiger partial charge >= 0.3 is 0 Å². The van der Waals surface area contributed by atoms with E-state index in [1.54, 1.807) is 6.20 Å². The second-order valence-electron chi connectivity index (χ2n) is 3.73. The van der Waals surface area contributed by atoms with Crippen molar-refractivity contribution in [1.29, 1.82) is 5.26 Å². The van der Waals surface area contributed by atoms with Crippen LogP contribution in [0.15, 0.2) is 36.7 Å². The van der Waals surface area contributed by atoms with Crippen LogP contribution in [0.2, 0.25) is 0 Å². The Morgan fingerprint density at radius 1 is 1.35 bits per heavy atom. The first-order chi connectivity index (χ1) is 8.26. The van der Waals surface area contributed by atoms with Crippen molar-refractivity contribution in [1.82, 2.24) is 9.55 Å². The number of anilines is 2. The zero-order chi connectivity index (χ0) is 12.3. The van der Waals surface area contributed by atoms with Crippen LogP contribution in [0.25, 0.3) is 0 Å². The monoisotopic (exact) mass is 226 g/mol. The van der Waals surface area contributed by atoms with Crippen molar-refractivity contribution in [2.45, 2.75) is 13.5 Å². The van der Waals surface area contributed by atoms with Crippen molar-refractivity contribution in [3.05, 3.63) is 42.2 Å². The number of nitriles is 1. The van der Waals surface area contributed by atoms with E-state index < -0.39 is 0 Å². The van der Waals surface area contributed by atoms with Gasteiger partial charge in [0.05, 0.1) is 11.6 Å². The highest BCUT2D eigenvalue weighted by Crippen LogP contribution is 2.21. The maximum absolute atomic E-state index is 8.75. The molecule has 0 amide bonds. The van der Waals surface area contributed by atoms with Crippen LogP contribution in [0, 0.1) is 11.3 Å². The quantitative estimate of drug-likeness (QED) is 0.807. The van der Waals surface area contributed by atoms with Gasteiger partial charge in [-0.3, -0.25) is 0 Å². The van der Waals surface area contributed by atoms with E-state index in [-0.39, 0.29) is 0 Å². The SMILES string of the molecule is CCn1ccnc1N(C)c1ccc(C#N)cc1. The smallest absolute Gasteiger partial charge is 0.209 e. The van der Waals surface area contributed by atoms with E-state index in [4.69, 9.17) is 5.26 Å². The molecule has 0 aliphatic carbocycles. The third-order valence-electron chi connectivity index (χ3n) is 2.72. The maximum atomic E-state index is 8.75. The summed E-state index contributed by atoms with van der Waals surface area (Å²) in [4.78, 5) is 6.33. The van der Waals surface area contributed by atoms with Gasteiger partial charge in [0.15, 0.2) is 0 Å². The number of benzene rings is 1. The number of aryl methyl sites for hydroxylation is 1. The normalized spacial score (nSPS) is 9.94. The van der Waals surface area contributed by atoms with E-state index >= 15 is 0 Å². The molecule has 0 atom stereocenters. The van der Waals surface area contributed by atoms with Gasteiger partial charge in [0, 0.05) is 31.7 Å². The molecule has 1 heterocycles. The fraction of sp³-hybridized carbons (Fsp3) is 0.231. The molecule has 4 nitrogen and oxygen atoms in total. The van der Waals surface area contributed by atoms with Crippen molar-refractivity contribution in [3.63, 3.8) is 0 Å². The highest BCUT2D eigenvalue weighted by Gasteiger charge is 2.09. The lowest BCUT2D eigenvalue weighted by atomic mass is 10.2. The van der Waals surface area contributed by atoms with Gasteiger partial charge in [0.1, 0.15) is 0 Å². The van der Waals surface area contributed by atoms with Gasteiger partial charge in [0.25, 0.3) is 0 Å². The molecule has 0 aliphatic heterocycles.